The first-order valence-corrected chi connectivity index (χ1v) is 19.7. The quantitative estimate of drug-likeness (QED) is 0.143. The third kappa shape index (κ3) is 28.0. The maximum atomic E-state index is 12.1. The molecule has 2 N–H and O–H groups in total. The summed E-state index contributed by atoms with van der Waals surface area (Å²) in [6.07, 6.45) is 3.77. The van der Waals surface area contributed by atoms with Crippen LogP contribution in [-0.4, -0.2) is 106 Å². The number of rotatable bonds is 25. The van der Waals surface area contributed by atoms with Gasteiger partial charge in [0.05, 0.1) is 0 Å². The fourth-order valence-corrected chi connectivity index (χ4v) is 9.46. The highest BCUT2D eigenvalue weighted by atomic mass is 32.2. The fourth-order valence-electron chi connectivity index (χ4n) is 2.28. The van der Waals surface area contributed by atoms with Crippen molar-refractivity contribution in [3.63, 3.8) is 0 Å². The number of thioether (sulfide) groups is 6. The van der Waals surface area contributed by atoms with E-state index < -0.39 is 10.8 Å². The predicted molar refractivity (Wildman–Crippen MR) is 164 cm³/mol. The van der Waals surface area contributed by atoms with Gasteiger partial charge in [0.15, 0.2) is 15.3 Å². The molecule has 0 fully saturated rings. The van der Waals surface area contributed by atoms with Crippen LogP contribution < -0.4 is 0 Å². The smallest absolute Gasteiger partial charge is 0.189 e. The van der Waals surface area contributed by atoms with Crippen molar-refractivity contribution in [2.24, 2.45) is 0 Å². The molecule has 13 heteroatoms. The number of carbonyl (C=O) groups excluding carboxylic acids is 3. The second kappa shape index (κ2) is 28.2. The highest BCUT2D eigenvalue weighted by Crippen LogP contribution is 2.16. The van der Waals surface area contributed by atoms with Crippen LogP contribution in [0.1, 0.15) is 38.5 Å². The zero-order chi connectivity index (χ0) is 26.0. The number of hydrogen-bond acceptors (Lipinski definition) is 12. The van der Waals surface area contributed by atoms with Gasteiger partial charge in [0.25, 0.3) is 0 Å². The summed E-state index contributed by atoms with van der Waals surface area (Å²) in [5.41, 5.74) is 0. The highest BCUT2D eigenvalue weighted by Gasteiger charge is 2.06. The van der Waals surface area contributed by atoms with E-state index in [2.05, 4.69) is 0 Å². The van der Waals surface area contributed by atoms with E-state index in [0.29, 0.717) is 55.1 Å². The van der Waals surface area contributed by atoms with Crippen molar-refractivity contribution < 1.29 is 28.8 Å². The minimum atomic E-state index is -0.809. The highest BCUT2D eigenvalue weighted by molar-refractivity contribution is 8.14. The van der Waals surface area contributed by atoms with Gasteiger partial charge in [-0.3, -0.25) is 18.6 Å². The Morgan fingerprint density at radius 2 is 0.971 bits per heavy atom. The monoisotopic (exact) mass is 624 g/mol. The summed E-state index contributed by atoms with van der Waals surface area (Å²) < 4.78 is 12.1. The standard InChI is InChI=1S/C22H40O6S7/c23-7-1-10-32-20(25)4-12-29-9-3-18-35(28)19-17-31-15-16-34-22(27)6-14-30-13-5-21(26)33-11-2-8-24/h23-24H,1-19H2. The van der Waals surface area contributed by atoms with Gasteiger partial charge in [-0.25, -0.2) is 0 Å². The summed E-state index contributed by atoms with van der Waals surface area (Å²) >= 11 is 9.03. The fraction of sp³-hybridized carbons (Fsp3) is 0.864. The molecule has 0 saturated heterocycles. The molecule has 0 aliphatic rings. The van der Waals surface area contributed by atoms with Gasteiger partial charge in [-0.15, -0.1) is 0 Å². The van der Waals surface area contributed by atoms with Gasteiger partial charge in [-0.2, -0.15) is 35.3 Å². The lowest BCUT2D eigenvalue weighted by Crippen LogP contribution is -2.07. The predicted octanol–water partition coefficient (Wildman–Crippen LogP) is 4.04. The van der Waals surface area contributed by atoms with Crippen LogP contribution in [0.2, 0.25) is 0 Å². The van der Waals surface area contributed by atoms with Crippen LogP contribution in [0, 0.1) is 0 Å². The van der Waals surface area contributed by atoms with E-state index >= 15 is 0 Å². The summed E-state index contributed by atoms with van der Waals surface area (Å²) in [4.78, 5) is 35.1. The third-order valence-electron chi connectivity index (χ3n) is 4.09. The molecule has 1 atom stereocenters. The normalized spacial score (nSPS) is 12.1. The molecule has 206 valence electrons. The Hall–Kier alpha value is 1.18. The van der Waals surface area contributed by atoms with Crippen molar-refractivity contribution in [1.29, 1.82) is 0 Å². The van der Waals surface area contributed by atoms with Crippen LogP contribution in [-0.2, 0) is 25.2 Å². The van der Waals surface area contributed by atoms with Gasteiger partial charge in [0.1, 0.15) is 0 Å². The molecule has 35 heavy (non-hydrogen) atoms. The van der Waals surface area contributed by atoms with Crippen LogP contribution in [0.4, 0.5) is 0 Å². The minimum absolute atomic E-state index is 0.117. The van der Waals surface area contributed by atoms with E-state index in [-0.39, 0.29) is 28.6 Å². The summed E-state index contributed by atoms with van der Waals surface area (Å²) in [7, 11) is -0.809. The van der Waals surface area contributed by atoms with E-state index in [1.54, 1.807) is 35.3 Å². The first-order valence-electron chi connectivity index (χ1n) is 11.8. The lowest BCUT2D eigenvalue weighted by atomic mass is 10.5. The van der Waals surface area contributed by atoms with Crippen LogP contribution in [0.25, 0.3) is 0 Å². The molecule has 0 aliphatic heterocycles. The SMILES string of the molecule is O=C(CCSCCCS(=O)CCSCCSC(=O)CCSCCC(=O)SCCCO)SCCCO. The molecule has 0 heterocycles. The number of aliphatic hydroxyl groups is 2. The maximum Gasteiger partial charge on any atom is 0.189 e. The van der Waals surface area contributed by atoms with Crippen LogP contribution >= 0.6 is 70.6 Å². The summed E-state index contributed by atoms with van der Waals surface area (Å²) in [5.74, 6) is 8.42. The number of carbonyl (C=O) groups is 3. The van der Waals surface area contributed by atoms with Crippen molar-refractivity contribution in [2.75, 3.05) is 76.5 Å². The van der Waals surface area contributed by atoms with E-state index in [1.165, 1.54) is 35.3 Å². The largest absolute Gasteiger partial charge is 0.396 e. The Morgan fingerprint density at radius 3 is 1.49 bits per heavy atom. The molecule has 0 aromatic carbocycles. The van der Waals surface area contributed by atoms with Crippen LogP contribution in [0.5, 0.6) is 0 Å². The average Bonchev–Trinajstić information content (AvgIpc) is 2.83. The first-order chi connectivity index (χ1) is 17.0. The Morgan fingerprint density at radius 1 is 0.514 bits per heavy atom. The third-order valence-corrected chi connectivity index (χ3v) is 12.0. The minimum Gasteiger partial charge on any atom is -0.396 e. The first kappa shape index (κ1) is 36.2. The Balaban J connectivity index is 3.41. The van der Waals surface area contributed by atoms with Crippen molar-refractivity contribution in [1.82, 2.24) is 0 Å². The van der Waals surface area contributed by atoms with Crippen molar-refractivity contribution >= 4 is 96.7 Å². The summed E-state index contributed by atoms with van der Waals surface area (Å²) in [5, 5.41) is 17.9. The summed E-state index contributed by atoms with van der Waals surface area (Å²) in [6.45, 7) is 0.245. The molecule has 0 radical (unpaired) electrons. The second-order valence-electron chi connectivity index (χ2n) is 7.10. The molecule has 0 rings (SSSR count). The Labute approximate surface area is 239 Å². The second-order valence-corrected chi connectivity index (χ2v) is 15.9. The molecule has 0 spiro atoms. The molecule has 0 aromatic rings. The zero-order valence-corrected chi connectivity index (χ0v) is 26.0. The van der Waals surface area contributed by atoms with Gasteiger partial charge in [-0.05, 0) is 25.0 Å². The number of hydrogen-bond donors (Lipinski definition) is 2. The van der Waals surface area contributed by atoms with Gasteiger partial charge < -0.3 is 10.2 Å². The molecule has 0 aliphatic carbocycles. The van der Waals surface area contributed by atoms with Crippen LogP contribution in [0.15, 0.2) is 0 Å². The van der Waals surface area contributed by atoms with Crippen molar-refractivity contribution in [3.05, 3.63) is 0 Å². The molecule has 0 saturated carbocycles. The number of aliphatic hydroxyl groups excluding tert-OH is 2. The van der Waals surface area contributed by atoms with Crippen LogP contribution in [0.3, 0.4) is 0 Å². The molecule has 1 unspecified atom stereocenters. The van der Waals surface area contributed by atoms with E-state index in [4.69, 9.17) is 10.2 Å². The van der Waals surface area contributed by atoms with E-state index in [0.717, 1.165) is 46.7 Å². The lowest BCUT2D eigenvalue weighted by Gasteiger charge is -2.04. The van der Waals surface area contributed by atoms with E-state index in [9.17, 15) is 18.6 Å². The van der Waals surface area contributed by atoms with E-state index in [1.807, 2.05) is 0 Å². The van der Waals surface area contributed by atoms with Crippen molar-refractivity contribution in [2.45, 2.75) is 38.5 Å². The molecule has 0 bridgehead atoms. The average molecular weight is 625 g/mol. The maximum absolute atomic E-state index is 12.1. The van der Waals surface area contributed by atoms with Crippen molar-refractivity contribution in [3.8, 4) is 0 Å². The Bertz CT molecular complexity index is 580. The van der Waals surface area contributed by atoms with Gasteiger partial charge in [-0.1, -0.05) is 35.3 Å². The zero-order valence-electron chi connectivity index (χ0n) is 20.3. The lowest BCUT2D eigenvalue weighted by molar-refractivity contribution is -0.111. The Kier molecular flexibility index (Phi) is 29.1. The molecular weight excluding hydrogens is 585 g/mol. The molecular formula is C22H40O6S7. The van der Waals surface area contributed by atoms with Gasteiger partial charge in [0.2, 0.25) is 0 Å². The summed E-state index contributed by atoms with van der Waals surface area (Å²) in [6, 6.07) is 0. The topological polar surface area (TPSA) is 109 Å². The van der Waals surface area contributed by atoms with Gasteiger partial charge >= 0.3 is 0 Å². The molecule has 0 amide bonds. The molecule has 6 nitrogen and oxygen atoms in total. The molecule has 0 aromatic heterocycles. The van der Waals surface area contributed by atoms with Gasteiger partial charge in [0, 0.05) is 101 Å².